The molecule has 18 nitrogen and oxygen atoms in total. The van der Waals surface area contributed by atoms with Crippen LogP contribution in [-0.2, 0) is 37.8 Å². The summed E-state index contributed by atoms with van der Waals surface area (Å²) in [5, 5.41) is 22.2. The molecular weight excluding hydrogens is 1100 g/mol. The molecule has 4 atom stereocenters. The molecule has 3 fully saturated rings. The van der Waals surface area contributed by atoms with Crippen LogP contribution in [0, 0.1) is 23.0 Å². The number of allylic oxidation sites excluding steroid dienone is 1. The number of nitrogen functional groups attached to an aromatic ring is 1. The Labute approximate surface area is 468 Å². The Morgan fingerprint density at radius 2 is 1.90 bits per heavy atom. The summed E-state index contributed by atoms with van der Waals surface area (Å²) in [5.41, 5.74) is 5.09. The number of pyridine rings is 2. The summed E-state index contributed by atoms with van der Waals surface area (Å²) in [4.78, 5) is 74.8. The smallest absolute Gasteiger partial charge is 0.414 e. The zero-order valence-corrected chi connectivity index (χ0v) is 46.0. The summed E-state index contributed by atoms with van der Waals surface area (Å²) in [5.74, 6) is -3.15. The maximum Gasteiger partial charge on any atom is 0.414 e. The molecule has 0 radical (unpaired) electrons. The molecule has 0 unspecified atom stereocenters. The predicted octanol–water partition coefficient (Wildman–Crippen LogP) is 6.75. The standard InChI is InChI=1S/C57H53ClF4N10O8S/c1-5-28(24-79-55(76)68(4)41-15-29-14-30-22-72-42(46(30)65-40(29)18-39(41)61)17-36-35(52(72)74)25-78-53(75)57(36,77)6-2)51(73)69-12-13-71(27(3)21-69)50-33-16-37(58)44(32-8-9-38(60)48-43(32)34(20-63)49(64)81-48)45(62)47(33)66-54(67-50)80-26-56-10-7-11-70(56)23-31(59)19-56/h5,14-18,27,31,77H,6-13,19,21-26,64H2,1-4H3/b28-5+/t27-,31+,56-,57-/m0/s1. The predicted molar refractivity (Wildman–Crippen MR) is 293 cm³/mol. The Morgan fingerprint density at radius 1 is 1.10 bits per heavy atom. The van der Waals surface area contributed by atoms with Gasteiger partial charge >= 0.3 is 18.1 Å². The van der Waals surface area contributed by atoms with E-state index in [4.69, 9.17) is 36.5 Å². The van der Waals surface area contributed by atoms with Crippen LogP contribution in [0.5, 0.6) is 6.01 Å². The summed E-state index contributed by atoms with van der Waals surface area (Å²) in [6.45, 7) is 5.92. The molecule has 0 spiro atoms. The van der Waals surface area contributed by atoms with E-state index in [2.05, 4.69) is 14.9 Å². The fourth-order valence-corrected chi connectivity index (χ4v) is 14.0. The highest BCUT2D eigenvalue weighted by Gasteiger charge is 2.50. The quantitative estimate of drug-likeness (QED) is 0.0821. The van der Waals surface area contributed by atoms with Gasteiger partial charge in [-0.25, -0.2) is 32.1 Å². The van der Waals surface area contributed by atoms with E-state index in [9.17, 15) is 33.9 Å². The van der Waals surface area contributed by atoms with E-state index in [1.165, 1.54) is 29.8 Å². The van der Waals surface area contributed by atoms with Gasteiger partial charge < -0.3 is 39.4 Å². The summed E-state index contributed by atoms with van der Waals surface area (Å²) in [6.07, 6.45) is 1.28. The number of anilines is 3. The van der Waals surface area contributed by atoms with Crippen LogP contribution in [0.3, 0.4) is 0 Å². The van der Waals surface area contributed by atoms with E-state index in [1.807, 2.05) is 17.9 Å². The van der Waals surface area contributed by atoms with Gasteiger partial charge in [-0.1, -0.05) is 24.6 Å². The molecule has 5 aliphatic heterocycles. The number of piperazine rings is 1. The first kappa shape index (κ1) is 54.0. The van der Waals surface area contributed by atoms with Gasteiger partial charge in [0.2, 0.25) is 0 Å². The van der Waals surface area contributed by atoms with Gasteiger partial charge in [-0.2, -0.15) is 15.2 Å². The Kier molecular flexibility index (Phi) is 13.4. The molecule has 9 heterocycles. The van der Waals surface area contributed by atoms with Crippen LogP contribution in [0.1, 0.15) is 87.1 Å². The first-order chi connectivity index (χ1) is 38.8. The normalized spacial score (nSPS) is 22.3. The van der Waals surface area contributed by atoms with E-state index in [0.29, 0.717) is 40.9 Å². The molecule has 1 aliphatic carbocycles. The van der Waals surface area contributed by atoms with Crippen molar-refractivity contribution in [1.29, 1.82) is 5.26 Å². The molecule has 3 N–H and O–H groups in total. The second-order valence-corrected chi connectivity index (χ2v) is 23.0. The zero-order valence-electron chi connectivity index (χ0n) is 44.4. The number of halogens is 5. The highest BCUT2D eigenvalue weighted by atomic mass is 35.5. The molecule has 4 aromatic heterocycles. The molecular formula is C57H53ClF4N10O8S. The Balaban J connectivity index is 0.776. The number of aromatic nitrogens is 4. The third-order valence-corrected chi connectivity index (χ3v) is 18.3. The van der Waals surface area contributed by atoms with Crippen molar-refractivity contribution < 1.29 is 51.3 Å². The van der Waals surface area contributed by atoms with Crippen molar-refractivity contribution in [3.63, 3.8) is 0 Å². The lowest BCUT2D eigenvalue weighted by Crippen LogP contribution is -2.54. The van der Waals surface area contributed by atoms with Crippen molar-refractivity contribution in [2.75, 3.05) is 68.5 Å². The molecule has 24 heteroatoms. The van der Waals surface area contributed by atoms with Gasteiger partial charge in [-0.05, 0) is 75.9 Å². The molecule has 12 rings (SSSR count). The van der Waals surface area contributed by atoms with Crippen LogP contribution in [0.15, 0.2) is 46.8 Å². The van der Waals surface area contributed by atoms with Crippen LogP contribution in [0.25, 0.3) is 44.6 Å². The monoisotopic (exact) mass is 1150 g/mol. The summed E-state index contributed by atoms with van der Waals surface area (Å²) in [7, 11) is 1.32. The highest BCUT2D eigenvalue weighted by molar-refractivity contribution is 7.14. The molecule has 81 heavy (non-hydrogen) atoms. The van der Waals surface area contributed by atoms with Crippen molar-refractivity contribution in [2.45, 2.75) is 95.8 Å². The van der Waals surface area contributed by atoms with Crippen LogP contribution in [0.2, 0.25) is 5.02 Å². The van der Waals surface area contributed by atoms with Crippen LogP contribution in [0.4, 0.5) is 38.9 Å². The Bertz CT molecular complexity index is 4040. The van der Waals surface area contributed by atoms with Gasteiger partial charge in [-0.15, -0.1) is 11.3 Å². The van der Waals surface area contributed by atoms with Gasteiger partial charge in [0.15, 0.2) is 11.4 Å². The van der Waals surface area contributed by atoms with E-state index in [1.54, 1.807) is 30.9 Å². The van der Waals surface area contributed by atoms with Crippen molar-refractivity contribution in [3.8, 4) is 23.5 Å². The number of nitrogens with zero attached hydrogens (tertiary/aromatic N) is 9. The van der Waals surface area contributed by atoms with E-state index in [0.717, 1.165) is 28.7 Å². The fourth-order valence-electron chi connectivity index (χ4n) is 12.6. The van der Waals surface area contributed by atoms with Crippen molar-refractivity contribution in [3.05, 3.63) is 107 Å². The molecule has 420 valence electrons. The number of carbonyl (C=O) groups is 3. The number of hydrogen-bond donors (Lipinski definition) is 2. The minimum absolute atomic E-state index is 0.0247. The first-order valence-corrected chi connectivity index (χ1v) is 27.8. The number of nitriles is 1. The Morgan fingerprint density at radius 3 is 2.65 bits per heavy atom. The number of carbonyl (C=O) groups excluding carboxylic acids is 3. The zero-order chi connectivity index (χ0) is 57.1. The number of thiophene rings is 1. The molecule has 6 aliphatic rings. The highest BCUT2D eigenvalue weighted by Crippen LogP contribution is 2.44. The van der Waals surface area contributed by atoms with Gasteiger partial charge in [0.1, 0.15) is 60.0 Å². The van der Waals surface area contributed by atoms with Crippen LogP contribution >= 0.6 is 22.9 Å². The van der Waals surface area contributed by atoms with Crippen molar-refractivity contribution >= 4 is 90.6 Å². The molecule has 2 aromatic carbocycles. The Hall–Kier alpha value is -7.65. The number of cyclic esters (lactones) is 1. The van der Waals surface area contributed by atoms with E-state index < -0.39 is 71.0 Å². The number of nitrogens with two attached hydrogens (primary N) is 1. The average molecular weight is 1150 g/mol. The maximum atomic E-state index is 17.5. The topological polar surface area (TPSA) is 223 Å². The fraction of sp³-hybridized carbons (Fsp3) is 0.404. The van der Waals surface area contributed by atoms with Crippen molar-refractivity contribution in [2.24, 2.45) is 0 Å². The second kappa shape index (κ2) is 20.1. The number of hydrogen-bond acceptors (Lipinski definition) is 16. The van der Waals surface area contributed by atoms with Crippen molar-refractivity contribution in [1.82, 2.24) is 29.3 Å². The lowest BCUT2D eigenvalue weighted by molar-refractivity contribution is -0.172. The third-order valence-electron chi connectivity index (χ3n) is 16.9. The van der Waals surface area contributed by atoms with Gasteiger partial charge in [0.25, 0.3) is 11.5 Å². The SMILES string of the molecule is C/C=C(\COC(=O)N(C)c1cc2cc3c(nc2cc1F)-c1cc2c(c(=O)n1C3)COC(=O)[C@]2(O)CC)C(=O)N1CCN(c2nc(OC[C@@]34CCCN3C[C@H](F)C4)nc3c(F)c(C4=c5c(C#N)c(N)sc5=C(F)CC4)c(Cl)cc23)[C@@H](C)C1. The maximum absolute atomic E-state index is 17.5. The van der Waals surface area contributed by atoms with Gasteiger partial charge in [0, 0.05) is 90.9 Å². The minimum atomic E-state index is -2.02. The van der Waals surface area contributed by atoms with E-state index >= 15 is 13.2 Å². The van der Waals surface area contributed by atoms with Crippen LogP contribution in [-0.4, -0.2) is 123 Å². The molecule has 3 saturated heterocycles. The van der Waals surface area contributed by atoms with Gasteiger partial charge in [0.05, 0.1) is 60.9 Å². The number of amides is 2. The molecule has 2 amide bonds. The largest absolute Gasteiger partial charge is 0.461 e. The first-order valence-electron chi connectivity index (χ1n) is 26.6. The number of rotatable bonds is 10. The molecule has 0 saturated carbocycles. The average Bonchev–Trinajstić information content (AvgIpc) is 3.64. The van der Waals surface area contributed by atoms with Gasteiger partial charge in [-0.3, -0.25) is 19.4 Å². The summed E-state index contributed by atoms with van der Waals surface area (Å²) < 4.78 is 82.4. The molecule has 6 aromatic rings. The summed E-state index contributed by atoms with van der Waals surface area (Å²) in [6, 6.07) is 8.81. The number of fused-ring (bicyclic) bond motifs is 8. The van der Waals surface area contributed by atoms with Crippen LogP contribution < -0.4 is 35.6 Å². The van der Waals surface area contributed by atoms with E-state index in [-0.39, 0.29) is 153 Å². The molecule has 0 bridgehead atoms. The third kappa shape index (κ3) is 8.66. The lowest BCUT2D eigenvalue weighted by atomic mass is 9.86. The number of ether oxygens (including phenoxy) is 3. The minimum Gasteiger partial charge on any atom is -0.461 e. The number of alkyl halides is 1. The number of esters is 1. The second-order valence-electron chi connectivity index (χ2n) is 21.5. The number of benzene rings is 2. The summed E-state index contributed by atoms with van der Waals surface area (Å²) >= 11 is 7.92. The number of aliphatic hydroxyl groups is 1. The lowest BCUT2D eigenvalue weighted by Gasteiger charge is -2.41.